The van der Waals surface area contributed by atoms with Crippen molar-refractivity contribution in [3.63, 3.8) is 0 Å². The number of rotatable bonds is 3. The fourth-order valence-electron chi connectivity index (χ4n) is 2.75. The molecule has 1 aliphatic heterocycles. The molecule has 6 heteroatoms. The van der Waals surface area contributed by atoms with Crippen molar-refractivity contribution in [3.8, 4) is 0 Å². The number of aromatic nitrogens is 1. The Morgan fingerprint density at radius 3 is 3.00 bits per heavy atom. The second-order valence-electron chi connectivity index (χ2n) is 5.60. The van der Waals surface area contributed by atoms with Gasteiger partial charge in [-0.2, -0.15) is 4.31 Å². The summed E-state index contributed by atoms with van der Waals surface area (Å²) in [6.45, 7) is 5.18. The standard InChI is InChI=1S/C16H20N2O3S/c1-3-14-11-18(7-8-21-14)22(19,20)15-6-4-5-13-9-12(2)10-17-16(13)15/h4-6,9-10,14H,3,7-8,11H2,1-2H3/t14-/m0/s1. The van der Waals surface area contributed by atoms with E-state index in [4.69, 9.17) is 4.74 Å². The van der Waals surface area contributed by atoms with Crippen LogP contribution in [0.2, 0.25) is 0 Å². The quantitative estimate of drug-likeness (QED) is 0.871. The summed E-state index contributed by atoms with van der Waals surface area (Å²) in [5, 5.41) is 0.848. The molecule has 5 nitrogen and oxygen atoms in total. The van der Waals surface area contributed by atoms with Crippen LogP contribution in [0.4, 0.5) is 0 Å². The van der Waals surface area contributed by atoms with E-state index in [1.807, 2.05) is 26.0 Å². The molecule has 0 radical (unpaired) electrons. The Morgan fingerprint density at radius 2 is 2.23 bits per heavy atom. The fraction of sp³-hybridized carbons (Fsp3) is 0.438. The van der Waals surface area contributed by atoms with Crippen LogP contribution in [-0.4, -0.2) is 43.5 Å². The molecule has 22 heavy (non-hydrogen) atoms. The highest BCUT2D eigenvalue weighted by Gasteiger charge is 2.31. The lowest BCUT2D eigenvalue weighted by molar-refractivity contribution is -0.00275. The molecule has 118 valence electrons. The molecule has 0 spiro atoms. The number of aryl methyl sites for hydroxylation is 1. The molecule has 2 aromatic rings. The van der Waals surface area contributed by atoms with Crippen molar-refractivity contribution < 1.29 is 13.2 Å². The average Bonchev–Trinajstić information content (AvgIpc) is 2.54. The molecule has 1 fully saturated rings. The number of hydrogen-bond donors (Lipinski definition) is 0. The maximum absolute atomic E-state index is 13.0. The maximum atomic E-state index is 13.0. The Balaban J connectivity index is 2.05. The van der Waals surface area contributed by atoms with Gasteiger partial charge in [-0.25, -0.2) is 8.42 Å². The van der Waals surface area contributed by atoms with Crippen LogP contribution in [0.3, 0.4) is 0 Å². The van der Waals surface area contributed by atoms with E-state index in [2.05, 4.69) is 4.98 Å². The first-order valence-electron chi connectivity index (χ1n) is 7.49. The molecule has 1 atom stereocenters. The van der Waals surface area contributed by atoms with E-state index in [9.17, 15) is 8.42 Å². The van der Waals surface area contributed by atoms with Gasteiger partial charge in [0.15, 0.2) is 0 Å². The topological polar surface area (TPSA) is 59.5 Å². The largest absolute Gasteiger partial charge is 0.375 e. The number of ether oxygens (including phenoxy) is 1. The molecule has 2 heterocycles. The van der Waals surface area contributed by atoms with Gasteiger partial charge < -0.3 is 4.74 Å². The van der Waals surface area contributed by atoms with Crippen molar-refractivity contribution in [1.82, 2.24) is 9.29 Å². The van der Waals surface area contributed by atoms with Gasteiger partial charge in [0.1, 0.15) is 4.90 Å². The Kier molecular flexibility index (Phi) is 4.16. The Labute approximate surface area is 131 Å². The van der Waals surface area contributed by atoms with Gasteiger partial charge in [-0.05, 0) is 31.0 Å². The second kappa shape index (κ2) is 5.95. The van der Waals surface area contributed by atoms with Crippen molar-refractivity contribution in [3.05, 3.63) is 36.0 Å². The molecule has 1 aromatic carbocycles. The predicted octanol–water partition coefficient (Wildman–Crippen LogP) is 2.34. The number of benzene rings is 1. The monoisotopic (exact) mass is 320 g/mol. The van der Waals surface area contributed by atoms with Gasteiger partial charge in [0.25, 0.3) is 0 Å². The van der Waals surface area contributed by atoms with E-state index in [-0.39, 0.29) is 11.0 Å². The Morgan fingerprint density at radius 1 is 1.41 bits per heavy atom. The molecule has 1 saturated heterocycles. The van der Waals surface area contributed by atoms with Crippen molar-refractivity contribution in [2.45, 2.75) is 31.3 Å². The highest BCUT2D eigenvalue weighted by atomic mass is 32.2. The zero-order valence-corrected chi connectivity index (χ0v) is 13.6. The van der Waals surface area contributed by atoms with Gasteiger partial charge in [-0.1, -0.05) is 19.1 Å². The van der Waals surface area contributed by atoms with Gasteiger partial charge >= 0.3 is 0 Å². The first kappa shape index (κ1) is 15.4. The summed E-state index contributed by atoms with van der Waals surface area (Å²) in [6, 6.07) is 7.25. The summed E-state index contributed by atoms with van der Waals surface area (Å²) in [6.07, 6.45) is 2.47. The van der Waals surface area contributed by atoms with Crippen molar-refractivity contribution in [1.29, 1.82) is 0 Å². The smallest absolute Gasteiger partial charge is 0.245 e. The molecular weight excluding hydrogens is 300 g/mol. The summed E-state index contributed by atoms with van der Waals surface area (Å²) in [5.74, 6) is 0. The molecule has 0 saturated carbocycles. The van der Waals surface area contributed by atoms with Gasteiger partial charge in [-0.3, -0.25) is 4.98 Å². The summed E-state index contributed by atoms with van der Waals surface area (Å²) in [4.78, 5) is 4.62. The van der Waals surface area contributed by atoms with Crippen LogP contribution in [0, 0.1) is 6.92 Å². The molecule has 1 aliphatic rings. The summed E-state index contributed by atoms with van der Waals surface area (Å²) in [7, 11) is -3.55. The third kappa shape index (κ3) is 2.74. The number of hydrogen-bond acceptors (Lipinski definition) is 4. The van der Waals surface area contributed by atoms with E-state index in [0.29, 0.717) is 25.2 Å². The van der Waals surface area contributed by atoms with Crippen molar-refractivity contribution in [2.75, 3.05) is 19.7 Å². The normalized spacial score (nSPS) is 20.4. The van der Waals surface area contributed by atoms with Crippen LogP contribution in [0.15, 0.2) is 35.4 Å². The fourth-order valence-corrected chi connectivity index (χ4v) is 4.37. The van der Waals surface area contributed by atoms with E-state index in [1.165, 1.54) is 4.31 Å². The molecular formula is C16H20N2O3S. The number of pyridine rings is 1. The van der Waals surface area contributed by atoms with Crippen LogP contribution >= 0.6 is 0 Å². The van der Waals surface area contributed by atoms with Crippen LogP contribution in [0.1, 0.15) is 18.9 Å². The minimum atomic E-state index is -3.55. The van der Waals surface area contributed by atoms with E-state index >= 15 is 0 Å². The van der Waals surface area contributed by atoms with Crippen LogP contribution in [-0.2, 0) is 14.8 Å². The second-order valence-corrected chi connectivity index (χ2v) is 7.51. The highest BCUT2D eigenvalue weighted by molar-refractivity contribution is 7.89. The predicted molar refractivity (Wildman–Crippen MR) is 85.3 cm³/mol. The van der Waals surface area contributed by atoms with Crippen molar-refractivity contribution >= 4 is 20.9 Å². The lowest BCUT2D eigenvalue weighted by Gasteiger charge is -2.31. The van der Waals surface area contributed by atoms with E-state index in [1.54, 1.807) is 18.3 Å². The minimum absolute atomic E-state index is 0.0336. The van der Waals surface area contributed by atoms with Crippen LogP contribution < -0.4 is 0 Å². The van der Waals surface area contributed by atoms with Crippen molar-refractivity contribution in [2.24, 2.45) is 0 Å². The Bertz CT molecular complexity index is 789. The van der Waals surface area contributed by atoms with Gasteiger partial charge in [-0.15, -0.1) is 0 Å². The first-order valence-corrected chi connectivity index (χ1v) is 8.93. The summed E-state index contributed by atoms with van der Waals surface area (Å²) >= 11 is 0. The first-order chi connectivity index (χ1) is 10.5. The molecule has 0 N–H and O–H groups in total. The zero-order chi connectivity index (χ0) is 15.7. The molecule has 0 amide bonds. The summed E-state index contributed by atoms with van der Waals surface area (Å²) < 4.78 is 33.0. The summed E-state index contributed by atoms with van der Waals surface area (Å²) in [5.41, 5.74) is 1.55. The van der Waals surface area contributed by atoms with E-state index in [0.717, 1.165) is 17.4 Å². The SMILES string of the molecule is CC[C@H]1CN(S(=O)(=O)c2cccc3cc(C)cnc23)CCO1. The zero-order valence-electron chi connectivity index (χ0n) is 12.8. The number of nitrogens with zero attached hydrogens (tertiary/aromatic N) is 2. The molecule has 0 unspecified atom stereocenters. The molecule has 1 aromatic heterocycles. The third-order valence-electron chi connectivity index (χ3n) is 3.99. The minimum Gasteiger partial charge on any atom is -0.375 e. The Hall–Kier alpha value is -1.50. The third-order valence-corrected chi connectivity index (χ3v) is 5.88. The average molecular weight is 320 g/mol. The number of sulfonamides is 1. The number of fused-ring (bicyclic) bond motifs is 1. The highest BCUT2D eigenvalue weighted by Crippen LogP contribution is 2.26. The number of para-hydroxylation sites is 1. The van der Waals surface area contributed by atoms with Gasteiger partial charge in [0, 0.05) is 24.7 Å². The maximum Gasteiger partial charge on any atom is 0.245 e. The van der Waals surface area contributed by atoms with Crippen LogP contribution in [0.5, 0.6) is 0 Å². The molecule has 0 bridgehead atoms. The lowest BCUT2D eigenvalue weighted by Crippen LogP contribution is -2.45. The van der Waals surface area contributed by atoms with Gasteiger partial charge in [0.05, 0.1) is 18.2 Å². The number of morpholine rings is 1. The molecule has 3 rings (SSSR count). The van der Waals surface area contributed by atoms with Crippen LogP contribution in [0.25, 0.3) is 10.9 Å². The van der Waals surface area contributed by atoms with E-state index < -0.39 is 10.0 Å². The lowest BCUT2D eigenvalue weighted by atomic mass is 10.2. The van der Waals surface area contributed by atoms with Gasteiger partial charge in [0.2, 0.25) is 10.0 Å². The molecule has 0 aliphatic carbocycles.